The van der Waals surface area contributed by atoms with Crippen LogP contribution < -0.4 is 0 Å². The second kappa shape index (κ2) is 9.08. The Morgan fingerprint density at radius 3 is 1.54 bits per heavy atom. The number of fused-ring (bicyclic) bond motifs is 3. The average Bonchev–Trinajstić information content (AvgIpc) is 3.36. The maximum atomic E-state index is 4.91. The Morgan fingerprint density at radius 1 is 0.405 bits per heavy atom. The van der Waals surface area contributed by atoms with Crippen molar-refractivity contribution in [3.05, 3.63) is 127 Å². The molecule has 0 fully saturated rings. The third-order valence-corrected chi connectivity index (χ3v) is 7.66. The molecule has 4 heteroatoms. The highest BCUT2D eigenvalue weighted by molar-refractivity contribution is 7.26. The molecule has 37 heavy (non-hydrogen) atoms. The maximum absolute atomic E-state index is 4.91. The number of hydrogen-bond acceptors (Lipinski definition) is 4. The summed E-state index contributed by atoms with van der Waals surface area (Å²) in [6.07, 6.45) is 0. The van der Waals surface area contributed by atoms with Gasteiger partial charge in [-0.15, -0.1) is 11.3 Å². The van der Waals surface area contributed by atoms with Crippen molar-refractivity contribution in [2.45, 2.75) is 0 Å². The van der Waals surface area contributed by atoms with Gasteiger partial charge in [-0.2, -0.15) is 0 Å². The Kier molecular flexibility index (Phi) is 5.30. The average molecular weight is 492 g/mol. The van der Waals surface area contributed by atoms with Crippen molar-refractivity contribution in [1.29, 1.82) is 0 Å². The fraction of sp³-hybridized carbons (Fsp3) is 0. The summed E-state index contributed by atoms with van der Waals surface area (Å²) in [6, 6.07) is 43.9. The quantitative estimate of drug-likeness (QED) is 0.247. The molecule has 2 aromatic heterocycles. The molecule has 0 atom stereocenters. The van der Waals surface area contributed by atoms with Crippen LogP contribution in [-0.2, 0) is 0 Å². The lowest BCUT2D eigenvalue weighted by Crippen LogP contribution is -1.99. The van der Waals surface area contributed by atoms with E-state index in [-0.39, 0.29) is 0 Å². The zero-order valence-electron chi connectivity index (χ0n) is 19.9. The predicted octanol–water partition coefficient (Wildman–Crippen LogP) is 8.91. The van der Waals surface area contributed by atoms with Crippen LogP contribution >= 0.6 is 11.3 Å². The second-order valence-corrected chi connectivity index (χ2v) is 9.98. The number of aromatic nitrogens is 3. The van der Waals surface area contributed by atoms with Crippen molar-refractivity contribution in [2.24, 2.45) is 0 Å². The van der Waals surface area contributed by atoms with Gasteiger partial charge in [-0.05, 0) is 23.3 Å². The number of nitrogens with zero attached hydrogens (tertiary/aromatic N) is 3. The molecule has 0 saturated heterocycles. The van der Waals surface area contributed by atoms with Gasteiger partial charge in [-0.1, -0.05) is 115 Å². The summed E-state index contributed by atoms with van der Waals surface area (Å²) < 4.78 is 2.50. The SMILES string of the molecule is c1ccc(-c2nc(-c3ccccc3)nc(-c3ccc4c(c3)sc3cccc(-c5ccccc5)c34)n2)cc1. The van der Waals surface area contributed by atoms with Gasteiger partial charge in [0, 0.05) is 36.9 Å². The molecule has 7 rings (SSSR count). The van der Waals surface area contributed by atoms with Gasteiger partial charge in [-0.25, -0.2) is 15.0 Å². The smallest absolute Gasteiger partial charge is 0.164 e. The summed E-state index contributed by atoms with van der Waals surface area (Å²) in [6.45, 7) is 0. The largest absolute Gasteiger partial charge is 0.208 e. The van der Waals surface area contributed by atoms with Gasteiger partial charge in [0.05, 0.1) is 0 Å². The number of thiophene rings is 1. The van der Waals surface area contributed by atoms with E-state index in [2.05, 4.69) is 66.7 Å². The molecule has 0 aliphatic carbocycles. The lowest BCUT2D eigenvalue weighted by molar-refractivity contribution is 1.07. The second-order valence-electron chi connectivity index (χ2n) is 8.90. The fourth-order valence-electron chi connectivity index (χ4n) is 4.76. The first-order valence-corrected chi connectivity index (χ1v) is 13.0. The summed E-state index contributed by atoms with van der Waals surface area (Å²) in [7, 11) is 0. The van der Waals surface area contributed by atoms with Gasteiger partial charge < -0.3 is 0 Å². The number of rotatable bonds is 4. The van der Waals surface area contributed by atoms with Crippen LogP contribution in [-0.4, -0.2) is 15.0 Å². The van der Waals surface area contributed by atoms with E-state index in [9.17, 15) is 0 Å². The van der Waals surface area contributed by atoms with E-state index >= 15 is 0 Å². The zero-order valence-corrected chi connectivity index (χ0v) is 20.7. The summed E-state index contributed by atoms with van der Waals surface area (Å²) in [5.74, 6) is 2.02. The first-order valence-electron chi connectivity index (χ1n) is 12.2. The Balaban J connectivity index is 1.41. The van der Waals surface area contributed by atoms with E-state index in [1.54, 1.807) is 0 Å². The van der Waals surface area contributed by atoms with E-state index in [1.165, 1.54) is 31.3 Å². The van der Waals surface area contributed by atoms with Crippen LogP contribution in [0.3, 0.4) is 0 Å². The van der Waals surface area contributed by atoms with Crippen LogP contribution in [0, 0.1) is 0 Å². The molecule has 0 unspecified atom stereocenters. The highest BCUT2D eigenvalue weighted by Gasteiger charge is 2.15. The lowest BCUT2D eigenvalue weighted by Gasteiger charge is -2.08. The van der Waals surface area contributed by atoms with Crippen LogP contribution in [0.1, 0.15) is 0 Å². The van der Waals surface area contributed by atoms with E-state index in [0.29, 0.717) is 17.5 Å². The third-order valence-electron chi connectivity index (χ3n) is 6.54. The van der Waals surface area contributed by atoms with Crippen LogP contribution in [0.25, 0.3) is 65.5 Å². The van der Waals surface area contributed by atoms with Crippen LogP contribution in [0.15, 0.2) is 127 Å². The number of hydrogen-bond donors (Lipinski definition) is 0. The van der Waals surface area contributed by atoms with Gasteiger partial charge in [-0.3, -0.25) is 0 Å². The van der Waals surface area contributed by atoms with Gasteiger partial charge >= 0.3 is 0 Å². The van der Waals surface area contributed by atoms with Crippen LogP contribution in [0.2, 0.25) is 0 Å². The first-order chi connectivity index (χ1) is 18.3. The Hall–Kier alpha value is -4.67. The Labute approximate surface area is 218 Å². The molecule has 174 valence electrons. The standard InChI is InChI=1S/C33H21N3S/c1-4-11-22(12-5-1)26-17-10-18-28-30(26)27-20-19-25(21-29(27)37-28)33-35-31(23-13-6-2-7-14-23)34-32(36-33)24-15-8-3-9-16-24/h1-21H. The number of benzene rings is 5. The highest BCUT2D eigenvalue weighted by atomic mass is 32.1. The Morgan fingerprint density at radius 2 is 0.946 bits per heavy atom. The molecule has 7 aromatic rings. The first kappa shape index (κ1) is 21.6. The highest BCUT2D eigenvalue weighted by Crippen LogP contribution is 2.41. The van der Waals surface area contributed by atoms with E-state index in [1.807, 2.05) is 72.0 Å². The third kappa shape index (κ3) is 3.98. The molecule has 0 aliphatic rings. The molecule has 0 N–H and O–H groups in total. The van der Waals surface area contributed by atoms with Crippen LogP contribution in [0.5, 0.6) is 0 Å². The predicted molar refractivity (Wildman–Crippen MR) is 154 cm³/mol. The topological polar surface area (TPSA) is 38.7 Å². The molecule has 0 spiro atoms. The van der Waals surface area contributed by atoms with E-state index in [4.69, 9.17) is 15.0 Å². The van der Waals surface area contributed by atoms with Crippen molar-refractivity contribution in [3.8, 4) is 45.3 Å². The molecule has 0 saturated carbocycles. The van der Waals surface area contributed by atoms with Crippen molar-refractivity contribution in [3.63, 3.8) is 0 Å². The molecule has 0 bridgehead atoms. The van der Waals surface area contributed by atoms with E-state index < -0.39 is 0 Å². The molecule has 2 heterocycles. The zero-order chi connectivity index (χ0) is 24.6. The lowest BCUT2D eigenvalue weighted by atomic mass is 9.99. The molecule has 0 amide bonds. The summed E-state index contributed by atoms with van der Waals surface area (Å²) in [5, 5.41) is 2.55. The van der Waals surface area contributed by atoms with Crippen LogP contribution in [0.4, 0.5) is 0 Å². The summed E-state index contributed by atoms with van der Waals surface area (Å²) >= 11 is 1.81. The monoisotopic (exact) mass is 491 g/mol. The molecule has 0 aliphatic heterocycles. The maximum Gasteiger partial charge on any atom is 0.164 e. The summed E-state index contributed by atoms with van der Waals surface area (Å²) in [5.41, 5.74) is 5.42. The van der Waals surface area contributed by atoms with Crippen molar-refractivity contribution >= 4 is 31.5 Å². The van der Waals surface area contributed by atoms with Crippen molar-refractivity contribution < 1.29 is 0 Å². The molecule has 0 radical (unpaired) electrons. The molecular formula is C33H21N3S. The van der Waals surface area contributed by atoms with Crippen molar-refractivity contribution in [2.75, 3.05) is 0 Å². The summed E-state index contributed by atoms with van der Waals surface area (Å²) in [4.78, 5) is 14.6. The minimum atomic E-state index is 0.673. The Bertz CT molecular complexity index is 1800. The normalized spacial score (nSPS) is 11.2. The van der Waals surface area contributed by atoms with Gasteiger partial charge in [0.15, 0.2) is 17.5 Å². The minimum absolute atomic E-state index is 0.673. The molecular weight excluding hydrogens is 470 g/mol. The van der Waals surface area contributed by atoms with Gasteiger partial charge in [0.1, 0.15) is 0 Å². The molecule has 5 aromatic carbocycles. The van der Waals surface area contributed by atoms with Crippen molar-refractivity contribution in [1.82, 2.24) is 15.0 Å². The van der Waals surface area contributed by atoms with E-state index in [0.717, 1.165) is 16.7 Å². The van der Waals surface area contributed by atoms with Gasteiger partial charge in [0.2, 0.25) is 0 Å². The minimum Gasteiger partial charge on any atom is -0.208 e. The molecule has 3 nitrogen and oxygen atoms in total. The van der Waals surface area contributed by atoms with Gasteiger partial charge in [0.25, 0.3) is 0 Å². The fourth-order valence-corrected chi connectivity index (χ4v) is 5.93.